The van der Waals surface area contributed by atoms with Crippen LogP contribution in [0, 0.1) is 0 Å². The van der Waals surface area contributed by atoms with Crippen LogP contribution in [0.3, 0.4) is 0 Å². The molecule has 0 aliphatic carbocycles. The van der Waals surface area contributed by atoms with E-state index in [1.54, 1.807) is 4.68 Å². The minimum absolute atomic E-state index is 0.0376. The van der Waals surface area contributed by atoms with E-state index in [-0.39, 0.29) is 18.9 Å². The largest absolute Gasteiger partial charge is 0.369 e. The Bertz CT molecular complexity index is 704. The summed E-state index contributed by atoms with van der Waals surface area (Å²) in [5.41, 5.74) is 7.23. The van der Waals surface area contributed by atoms with Gasteiger partial charge in [-0.05, 0) is 23.6 Å². The first-order chi connectivity index (χ1) is 10.9. The summed E-state index contributed by atoms with van der Waals surface area (Å²) in [7, 11) is 0. The Labute approximate surface area is 134 Å². The number of aromatic nitrogens is 3. The lowest BCUT2D eigenvalue weighted by Crippen LogP contribution is -2.21. The van der Waals surface area contributed by atoms with Gasteiger partial charge in [-0.25, -0.2) is 9.67 Å². The van der Waals surface area contributed by atoms with E-state index < -0.39 is 5.91 Å². The van der Waals surface area contributed by atoms with Gasteiger partial charge in [-0.15, -0.1) is 0 Å². The van der Waals surface area contributed by atoms with Crippen molar-refractivity contribution in [2.75, 3.05) is 0 Å². The predicted octanol–water partition coefficient (Wildman–Crippen LogP) is 1.05. The molecule has 122 valence electrons. The minimum atomic E-state index is -0.497. The molecule has 0 fully saturated rings. The number of hydrogen-bond donors (Lipinski definition) is 2. The maximum absolute atomic E-state index is 11.1. The lowest BCUT2D eigenvalue weighted by atomic mass is 10.0. The van der Waals surface area contributed by atoms with Crippen molar-refractivity contribution in [1.82, 2.24) is 20.1 Å². The zero-order valence-electron chi connectivity index (χ0n) is 13.5. The Hall–Kier alpha value is -2.70. The van der Waals surface area contributed by atoms with Crippen molar-refractivity contribution in [2.24, 2.45) is 5.73 Å². The molecule has 0 unspecified atom stereocenters. The molecular formula is C16H21N5O2. The van der Waals surface area contributed by atoms with Gasteiger partial charge in [0.1, 0.15) is 0 Å². The molecule has 0 saturated heterocycles. The lowest BCUT2D eigenvalue weighted by Gasteiger charge is -2.09. The molecule has 0 aliphatic heterocycles. The number of carbonyl (C=O) groups excluding carboxylic acids is 2. The van der Waals surface area contributed by atoms with Crippen molar-refractivity contribution < 1.29 is 9.59 Å². The number of nitrogens with zero attached hydrogens (tertiary/aromatic N) is 3. The SMILES string of the molecule is CC(=O)NCc1nc(CC(N)=O)nn1-c1ccc(C(C)C)cc1. The highest BCUT2D eigenvalue weighted by molar-refractivity contribution is 5.75. The third kappa shape index (κ3) is 4.38. The van der Waals surface area contributed by atoms with Gasteiger partial charge in [0.05, 0.1) is 18.7 Å². The number of benzene rings is 1. The van der Waals surface area contributed by atoms with Crippen molar-refractivity contribution in [1.29, 1.82) is 0 Å². The fourth-order valence-electron chi connectivity index (χ4n) is 2.15. The van der Waals surface area contributed by atoms with Crippen LogP contribution in [0.4, 0.5) is 0 Å². The van der Waals surface area contributed by atoms with E-state index in [1.807, 2.05) is 24.3 Å². The maximum atomic E-state index is 11.1. The Kier molecular flexibility index (Phi) is 5.10. The van der Waals surface area contributed by atoms with E-state index >= 15 is 0 Å². The topological polar surface area (TPSA) is 103 Å². The van der Waals surface area contributed by atoms with Crippen molar-refractivity contribution in [3.63, 3.8) is 0 Å². The van der Waals surface area contributed by atoms with Crippen LogP contribution >= 0.6 is 0 Å². The Morgan fingerprint density at radius 2 is 1.91 bits per heavy atom. The quantitative estimate of drug-likeness (QED) is 0.831. The summed E-state index contributed by atoms with van der Waals surface area (Å²) >= 11 is 0. The standard InChI is InChI=1S/C16H21N5O2/c1-10(2)12-4-6-13(7-5-12)21-16(9-18-11(3)22)19-15(20-21)8-14(17)23/h4-7,10H,8-9H2,1-3H3,(H2,17,23)(H,18,22). The molecule has 1 heterocycles. The summed E-state index contributed by atoms with van der Waals surface area (Å²) in [5, 5.41) is 7.02. The van der Waals surface area contributed by atoms with Crippen molar-refractivity contribution in [2.45, 2.75) is 39.7 Å². The van der Waals surface area contributed by atoms with E-state index in [1.165, 1.54) is 12.5 Å². The van der Waals surface area contributed by atoms with Gasteiger partial charge >= 0.3 is 0 Å². The number of nitrogens with two attached hydrogens (primary N) is 1. The number of rotatable bonds is 6. The summed E-state index contributed by atoms with van der Waals surface area (Å²) in [4.78, 5) is 26.5. The highest BCUT2D eigenvalue weighted by Crippen LogP contribution is 2.17. The molecule has 0 aliphatic rings. The summed E-state index contributed by atoms with van der Waals surface area (Å²) in [5.74, 6) is 0.665. The van der Waals surface area contributed by atoms with Gasteiger partial charge in [0.25, 0.3) is 0 Å². The fraction of sp³-hybridized carbons (Fsp3) is 0.375. The third-order valence-electron chi connectivity index (χ3n) is 3.35. The van der Waals surface area contributed by atoms with Crippen LogP contribution in [0.25, 0.3) is 5.69 Å². The molecule has 1 aromatic heterocycles. The van der Waals surface area contributed by atoms with Gasteiger partial charge < -0.3 is 11.1 Å². The smallest absolute Gasteiger partial charge is 0.225 e. The first-order valence-corrected chi connectivity index (χ1v) is 7.44. The molecule has 3 N–H and O–H groups in total. The third-order valence-corrected chi connectivity index (χ3v) is 3.35. The molecule has 23 heavy (non-hydrogen) atoms. The second-order valence-corrected chi connectivity index (χ2v) is 5.66. The summed E-state index contributed by atoms with van der Waals surface area (Å²) < 4.78 is 1.62. The average Bonchev–Trinajstić information content (AvgIpc) is 2.87. The average molecular weight is 315 g/mol. The number of amides is 2. The van der Waals surface area contributed by atoms with Gasteiger partial charge in [-0.2, -0.15) is 5.10 Å². The van der Waals surface area contributed by atoms with Gasteiger partial charge in [0.15, 0.2) is 11.6 Å². The van der Waals surface area contributed by atoms with Crippen LogP contribution in [-0.4, -0.2) is 26.6 Å². The zero-order valence-corrected chi connectivity index (χ0v) is 13.5. The lowest BCUT2D eigenvalue weighted by molar-refractivity contribution is -0.119. The Morgan fingerprint density at radius 1 is 1.26 bits per heavy atom. The first-order valence-electron chi connectivity index (χ1n) is 7.44. The molecule has 0 spiro atoms. The van der Waals surface area contributed by atoms with Crippen LogP contribution in [0.5, 0.6) is 0 Å². The normalized spacial score (nSPS) is 10.8. The monoisotopic (exact) mass is 315 g/mol. The molecule has 7 heteroatoms. The molecule has 7 nitrogen and oxygen atoms in total. The second-order valence-electron chi connectivity index (χ2n) is 5.66. The molecule has 2 amide bonds. The first kappa shape index (κ1) is 16.7. The molecule has 1 aromatic carbocycles. The summed E-state index contributed by atoms with van der Waals surface area (Å²) in [6.45, 7) is 5.91. The Morgan fingerprint density at radius 3 is 2.43 bits per heavy atom. The van der Waals surface area contributed by atoms with Gasteiger partial charge in [-0.1, -0.05) is 26.0 Å². The van der Waals surface area contributed by atoms with Gasteiger partial charge in [-0.3, -0.25) is 9.59 Å². The number of nitrogens with one attached hydrogen (secondary N) is 1. The van der Waals surface area contributed by atoms with Crippen LogP contribution in [0.2, 0.25) is 0 Å². The summed E-state index contributed by atoms with van der Waals surface area (Å²) in [6.07, 6.45) is -0.0376. The molecule has 2 rings (SSSR count). The van der Waals surface area contributed by atoms with Crippen molar-refractivity contribution in [3.8, 4) is 5.69 Å². The van der Waals surface area contributed by atoms with Gasteiger partial charge in [0.2, 0.25) is 11.8 Å². The molecule has 0 bridgehead atoms. The van der Waals surface area contributed by atoms with E-state index in [4.69, 9.17) is 5.73 Å². The van der Waals surface area contributed by atoms with E-state index in [0.29, 0.717) is 17.6 Å². The van der Waals surface area contributed by atoms with Crippen LogP contribution in [-0.2, 0) is 22.6 Å². The molecule has 0 saturated carbocycles. The van der Waals surface area contributed by atoms with Crippen LogP contribution in [0.1, 0.15) is 43.9 Å². The predicted molar refractivity (Wildman–Crippen MR) is 85.9 cm³/mol. The minimum Gasteiger partial charge on any atom is -0.369 e. The van der Waals surface area contributed by atoms with E-state index in [0.717, 1.165) is 5.69 Å². The van der Waals surface area contributed by atoms with E-state index in [9.17, 15) is 9.59 Å². The second kappa shape index (κ2) is 7.04. The maximum Gasteiger partial charge on any atom is 0.225 e. The number of primary amides is 1. The molecular weight excluding hydrogens is 294 g/mol. The van der Waals surface area contributed by atoms with Crippen molar-refractivity contribution in [3.05, 3.63) is 41.5 Å². The van der Waals surface area contributed by atoms with Crippen LogP contribution < -0.4 is 11.1 Å². The molecule has 0 radical (unpaired) electrons. The summed E-state index contributed by atoms with van der Waals surface area (Å²) in [6, 6.07) is 7.93. The van der Waals surface area contributed by atoms with Gasteiger partial charge in [0, 0.05) is 6.92 Å². The number of hydrogen-bond acceptors (Lipinski definition) is 4. The molecule has 2 aromatic rings. The highest BCUT2D eigenvalue weighted by Gasteiger charge is 2.14. The van der Waals surface area contributed by atoms with Crippen LogP contribution in [0.15, 0.2) is 24.3 Å². The number of carbonyl (C=O) groups is 2. The highest BCUT2D eigenvalue weighted by atomic mass is 16.1. The van der Waals surface area contributed by atoms with Crippen molar-refractivity contribution >= 4 is 11.8 Å². The zero-order chi connectivity index (χ0) is 17.0. The Balaban J connectivity index is 2.35. The van der Waals surface area contributed by atoms with E-state index in [2.05, 4.69) is 29.2 Å². The fourth-order valence-corrected chi connectivity index (χ4v) is 2.15. The molecule has 0 atom stereocenters.